The number of ether oxygens (including phenoxy) is 1. The molecular formula is C13H19NO. The van der Waals surface area contributed by atoms with Crippen LogP contribution in [-0.2, 0) is 6.42 Å². The van der Waals surface area contributed by atoms with Gasteiger partial charge in [-0.2, -0.15) is 0 Å². The Kier molecular flexibility index (Phi) is 2.96. The van der Waals surface area contributed by atoms with Crippen LogP contribution in [0.15, 0.2) is 18.2 Å². The number of nitrogens with two attached hydrogens (primary N) is 1. The van der Waals surface area contributed by atoms with Gasteiger partial charge in [0.1, 0.15) is 5.75 Å². The first-order valence-corrected chi connectivity index (χ1v) is 5.63. The molecule has 2 nitrogen and oxygen atoms in total. The van der Waals surface area contributed by atoms with Gasteiger partial charge in [-0.05, 0) is 48.4 Å². The monoisotopic (exact) mass is 205 g/mol. The number of methoxy groups -OCH3 is 1. The first-order valence-electron chi connectivity index (χ1n) is 5.63. The van der Waals surface area contributed by atoms with Gasteiger partial charge in [0, 0.05) is 0 Å². The Hall–Kier alpha value is -1.02. The molecule has 1 aliphatic rings. The molecule has 0 heterocycles. The molecule has 0 aromatic heterocycles. The highest BCUT2D eigenvalue weighted by Gasteiger charge is 2.26. The maximum atomic E-state index is 5.86. The molecule has 1 aliphatic carbocycles. The van der Waals surface area contributed by atoms with Gasteiger partial charge in [0.2, 0.25) is 0 Å². The number of hydrogen-bond acceptors (Lipinski definition) is 2. The molecule has 82 valence electrons. The maximum absolute atomic E-state index is 5.86. The number of hydrogen-bond donors (Lipinski definition) is 1. The fourth-order valence-corrected chi connectivity index (χ4v) is 2.63. The van der Waals surface area contributed by atoms with Gasteiger partial charge in [-0.1, -0.05) is 19.1 Å². The molecule has 2 N–H and O–H groups in total. The Balaban J connectivity index is 2.45. The van der Waals surface area contributed by atoms with E-state index < -0.39 is 0 Å². The molecule has 2 heteroatoms. The minimum atomic E-state index is 0.504. The van der Waals surface area contributed by atoms with E-state index in [1.54, 1.807) is 7.11 Å². The Bertz CT molecular complexity index is 348. The number of rotatable bonds is 2. The normalized spacial score (nSPS) is 24.7. The molecule has 2 rings (SSSR count). The summed E-state index contributed by atoms with van der Waals surface area (Å²) in [6.45, 7) is 3.03. The molecule has 0 radical (unpaired) electrons. The maximum Gasteiger partial charge on any atom is 0.122 e. The quantitative estimate of drug-likeness (QED) is 0.804. The minimum absolute atomic E-state index is 0.504. The van der Waals surface area contributed by atoms with Crippen LogP contribution < -0.4 is 10.5 Å². The predicted molar refractivity (Wildman–Crippen MR) is 62.3 cm³/mol. The fraction of sp³-hybridized carbons (Fsp3) is 0.538. The van der Waals surface area contributed by atoms with Crippen molar-refractivity contribution in [3.63, 3.8) is 0 Å². The van der Waals surface area contributed by atoms with Gasteiger partial charge in [-0.3, -0.25) is 0 Å². The summed E-state index contributed by atoms with van der Waals surface area (Å²) >= 11 is 0. The highest BCUT2D eigenvalue weighted by atomic mass is 16.5. The van der Waals surface area contributed by atoms with E-state index in [0.717, 1.165) is 18.7 Å². The van der Waals surface area contributed by atoms with Crippen LogP contribution in [0.4, 0.5) is 0 Å². The lowest BCUT2D eigenvalue weighted by Gasteiger charge is -2.31. The minimum Gasteiger partial charge on any atom is -0.496 e. The fourth-order valence-electron chi connectivity index (χ4n) is 2.63. The van der Waals surface area contributed by atoms with Crippen LogP contribution in [0.3, 0.4) is 0 Å². The van der Waals surface area contributed by atoms with Gasteiger partial charge in [-0.15, -0.1) is 0 Å². The van der Waals surface area contributed by atoms with Gasteiger partial charge in [0.25, 0.3) is 0 Å². The molecule has 0 aliphatic heterocycles. The third-order valence-corrected chi connectivity index (χ3v) is 3.58. The van der Waals surface area contributed by atoms with Crippen molar-refractivity contribution in [3.05, 3.63) is 29.3 Å². The summed E-state index contributed by atoms with van der Waals surface area (Å²) in [6, 6.07) is 6.31. The van der Waals surface area contributed by atoms with E-state index in [-0.39, 0.29) is 0 Å². The van der Waals surface area contributed by atoms with Gasteiger partial charge in [0.15, 0.2) is 0 Å². The van der Waals surface area contributed by atoms with Crippen molar-refractivity contribution < 1.29 is 4.74 Å². The Morgan fingerprint density at radius 2 is 2.27 bits per heavy atom. The van der Waals surface area contributed by atoms with E-state index in [4.69, 9.17) is 10.5 Å². The molecular weight excluding hydrogens is 186 g/mol. The number of benzene rings is 1. The summed E-state index contributed by atoms with van der Waals surface area (Å²) in [6.07, 6.45) is 2.34. The van der Waals surface area contributed by atoms with Crippen molar-refractivity contribution in [2.75, 3.05) is 13.7 Å². The molecule has 0 spiro atoms. The summed E-state index contributed by atoms with van der Waals surface area (Å²) in [5.74, 6) is 2.22. The zero-order valence-corrected chi connectivity index (χ0v) is 9.49. The zero-order chi connectivity index (χ0) is 10.8. The summed E-state index contributed by atoms with van der Waals surface area (Å²) in [7, 11) is 1.74. The van der Waals surface area contributed by atoms with Crippen LogP contribution in [0.1, 0.15) is 30.4 Å². The van der Waals surface area contributed by atoms with Crippen LogP contribution in [0.2, 0.25) is 0 Å². The molecule has 0 saturated carbocycles. The summed E-state index contributed by atoms with van der Waals surface area (Å²) in [4.78, 5) is 0. The van der Waals surface area contributed by atoms with E-state index in [0.29, 0.717) is 11.8 Å². The molecule has 0 saturated heterocycles. The van der Waals surface area contributed by atoms with E-state index in [9.17, 15) is 0 Å². The Morgan fingerprint density at radius 1 is 1.47 bits per heavy atom. The highest BCUT2D eigenvalue weighted by Crippen LogP contribution is 2.39. The van der Waals surface area contributed by atoms with Crippen molar-refractivity contribution in [2.45, 2.75) is 25.7 Å². The summed E-state index contributed by atoms with van der Waals surface area (Å²) < 4.78 is 5.40. The molecule has 0 bridgehead atoms. The second-order valence-electron chi connectivity index (χ2n) is 4.39. The summed E-state index contributed by atoms with van der Waals surface area (Å²) in [5.41, 5.74) is 8.63. The lowest BCUT2D eigenvalue weighted by molar-refractivity contribution is 0.377. The Morgan fingerprint density at radius 3 is 2.93 bits per heavy atom. The van der Waals surface area contributed by atoms with Crippen molar-refractivity contribution >= 4 is 0 Å². The first kappa shape index (κ1) is 10.5. The highest BCUT2D eigenvalue weighted by molar-refractivity contribution is 5.44. The summed E-state index contributed by atoms with van der Waals surface area (Å²) in [5, 5.41) is 0. The van der Waals surface area contributed by atoms with E-state index in [2.05, 4.69) is 19.1 Å². The van der Waals surface area contributed by atoms with Crippen LogP contribution >= 0.6 is 0 Å². The van der Waals surface area contributed by atoms with Crippen LogP contribution in [-0.4, -0.2) is 13.7 Å². The lowest BCUT2D eigenvalue weighted by Crippen LogP contribution is -2.25. The smallest absolute Gasteiger partial charge is 0.122 e. The van der Waals surface area contributed by atoms with Gasteiger partial charge in [-0.25, -0.2) is 0 Å². The topological polar surface area (TPSA) is 35.2 Å². The van der Waals surface area contributed by atoms with Crippen molar-refractivity contribution in [2.24, 2.45) is 11.7 Å². The van der Waals surface area contributed by atoms with Crippen LogP contribution in [0.5, 0.6) is 5.75 Å². The Labute approximate surface area is 91.4 Å². The molecule has 2 atom stereocenters. The average Bonchev–Trinajstić information content (AvgIpc) is 2.28. The molecule has 1 aromatic rings. The standard InChI is InChI=1S/C13H19NO/c1-9-6-7-11-10(12(9)8-14)4-3-5-13(11)15-2/h3-5,9,12H,6-8,14H2,1-2H3. The first-order chi connectivity index (χ1) is 7.27. The van der Waals surface area contributed by atoms with Crippen molar-refractivity contribution in [3.8, 4) is 5.75 Å². The van der Waals surface area contributed by atoms with Gasteiger partial charge >= 0.3 is 0 Å². The molecule has 1 aromatic carbocycles. The SMILES string of the molecule is COc1cccc2c1CCC(C)C2CN. The molecule has 0 amide bonds. The van der Waals surface area contributed by atoms with E-state index >= 15 is 0 Å². The third kappa shape index (κ3) is 1.74. The van der Waals surface area contributed by atoms with Crippen molar-refractivity contribution in [1.82, 2.24) is 0 Å². The van der Waals surface area contributed by atoms with Crippen LogP contribution in [0, 0.1) is 5.92 Å². The van der Waals surface area contributed by atoms with Crippen LogP contribution in [0.25, 0.3) is 0 Å². The average molecular weight is 205 g/mol. The third-order valence-electron chi connectivity index (χ3n) is 3.58. The molecule has 2 unspecified atom stereocenters. The molecule has 15 heavy (non-hydrogen) atoms. The molecule has 0 fully saturated rings. The van der Waals surface area contributed by atoms with E-state index in [1.807, 2.05) is 6.07 Å². The zero-order valence-electron chi connectivity index (χ0n) is 9.49. The lowest BCUT2D eigenvalue weighted by atomic mass is 9.76. The largest absolute Gasteiger partial charge is 0.496 e. The second kappa shape index (κ2) is 4.23. The number of fused-ring (bicyclic) bond motifs is 1. The van der Waals surface area contributed by atoms with Gasteiger partial charge in [0.05, 0.1) is 7.11 Å². The predicted octanol–water partition coefficient (Wildman–Crippen LogP) is 2.32. The second-order valence-corrected chi connectivity index (χ2v) is 4.39. The van der Waals surface area contributed by atoms with Crippen molar-refractivity contribution in [1.29, 1.82) is 0 Å². The van der Waals surface area contributed by atoms with E-state index in [1.165, 1.54) is 17.5 Å². The van der Waals surface area contributed by atoms with Gasteiger partial charge < -0.3 is 10.5 Å².